The van der Waals surface area contributed by atoms with Gasteiger partial charge >= 0.3 is 6.09 Å². The first-order valence-corrected chi connectivity index (χ1v) is 7.66. The summed E-state index contributed by atoms with van der Waals surface area (Å²) in [6.45, 7) is 1.24. The third-order valence-electron chi connectivity index (χ3n) is 4.12. The summed E-state index contributed by atoms with van der Waals surface area (Å²) in [5, 5.41) is 20.4. The Morgan fingerprint density at radius 1 is 1.30 bits per heavy atom. The number of carbonyl (C=O) groups excluding carboxylic acids is 1. The van der Waals surface area contributed by atoms with Gasteiger partial charge in [0.1, 0.15) is 12.2 Å². The summed E-state index contributed by atoms with van der Waals surface area (Å²) in [5.41, 5.74) is -0.437. The summed E-state index contributed by atoms with van der Waals surface area (Å²) in [6, 6.07) is 9.36. The summed E-state index contributed by atoms with van der Waals surface area (Å²) in [4.78, 5) is 13.3. The Balaban J connectivity index is 1.42. The summed E-state index contributed by atoms with van der Waals surface area (Å²) in [6.07, 6.45) is -1.82. The van der Waals surface area contributed by atoms with Crippen molar-refractivity contribution in [2.45, 2.75) is 31.0 Å². The lowest BCUT2D eigenvalue weighted by Crippen LogP contribution is -2.69. The first kappa shape index (κ1) is 16.2. The molecule has 2 aliphatic rings. The molecule has 0 spiro atoms. The molecule has 1 atom stereocenters. The second kappa shape index (κ2) is 6.84. The maximum Gasteiger partial charge on any atom is 0.410 e. The molecule has 2 N–H and O–H groups in total. The maximum atomic E-state index is 11.9. The quantitative estimate of drug-likeness (QED) is 0.820. The van der Waals surface area contributed by atoms with E-state index >= 15 is 0 Å². The molecule has 2 aliphatic heterocycles. The fourth-order valence-electron chi connectivity index (χ4n) is 2.71. The second-order valence-electron chi connectivity index (χ2n) is 5.92. The Kier molecular flexibility index (Phi) is 4.82. The number of amides is 1. The zero-order valence-electron chi connectivity index (χ0n) is 12.8. The van der Waals surface area contributed by atoms with Gasteiger partial charge in [0.05, 0.1) is 32.4 Å². The van der Waals surface area contributed by atoms with Crippen molar-refractivity contribution >= 4 is 6.09 Å². The Hall–Kier alpha value is -1.67. The number of β-amino-alcohol motifs (C(OH)–C–C–N with tert-alkyl or cyclic N) is 1. The van der Waals surface area contributed by atoms with E-state index in [1.54, 1.807) is 0 Å². The summed E-state index contributed by atoms with van der Waals surface area (Å²) >= 11 is 0. The molecule has 1 aromatic carbocycles. The van der Waals surface area contributed by atoms with Crippen LogP contribution in [0.4, 0.5) is 4.79 Å². The van der Waals surface area contributed by atoms with E-state index in [2.05, 4.69) is 0 Å². The van der Waals surface area contributed by atoms with Gasteiger partial charge in [-0.1, -0.05) is 30.3 Å². The highest BCUT2D eigenvalue weighted by molar-refractivity contribution is 5.69. The Labute approximate surface area is 134 Å². The van der Waals surface area contributed by atoms with Crippen LogP contribution in [0.15, 0.2) is 30.3 Å². The first-order chi connectivity index (χ1) is 11.1. The molecule has 0 aromatic heterocycles. The summed E-state index contributed by atoms with van der Waals surface area (Å²) in [5.74, 6) is 0. The molecule has 2 fully saturated rings. The monoisotopic (exact) mass is 323 g/mol. The van der Waals surface area contributed by atoms with Gasteiger partial charge in [-0.25, -0.2) is 4.79 Å². The molecule has 0 unspecified atom stereocenters. The molecule has 0 bridgehead atoms. The molecule has 126 valence electrons. The minimum Gasteiger partial charge on any atom is -0.445 e. The molecule has 1 amide bonds. The Morgan fingerprint density at radius 3 is 2.61 bits per heavy atom. The van der Waals surface area contributed by atoms with Gasteiger partial charge < -0.3 is 29.3 Å². The molecule has 2 saturated heterocycles. The van der Waals surface area contributed by atoms with Crippen molar-refractivity contribution in [3.63, 3.8) is 0 Å². The number of hydrogen-bond donors (Lipinski definition) is 2. The van der Waals surface area contributed by atoms with E-state index in [-0.39, 0.29) is 26.1 Å². The molecular formula is C16H21NO6. The minimum absolute atomic E-state index is 0.0362. The number of nitrogens with zero attached hydrogens (tertiary/aromatic N) is 1. The van der Waals surface area contributed by atoms with Gasteiger partial charge in [-0.2, -0.15) is 0 Å². The number of rotatable bonds is 5. The zero-order valence-corrected chi connectivity index (χ0v) is 12.8. The lowest BCUT2D eigenvalue weighted by atomic mass is 9.86. The van der Waals surface area contributed by atoms with Crippen molar-refractivity contribution in [3.8, 4) is 0 Å². The van der Waals surface area contributed by atoms with Gasteiger partial charge in [0, 0.05) is 6.42 Å². The van der Waals surface area contributed by atoms with Crippen LogP contribution in [-0.2, 0) is 20.8 Å². The van der Waals surface area contributed by atoms with E-state index in [1.165, 1.54) is 4.90 Å². The van der Waals surface area contributed by atoms with Gasteiger partial charge in [0.25, 0.3) is 0 Å². The van der Waals surface area contributed by atoms with Crippen molar-refractivity contribution in [1.82, 2.24) is 4.90 Å². The standard InChI is InChI=1S/C16H21NO6/c18-13(8-14-21-6-7-22-14)16(20)10-17(11-16)15(19)23-9-12-4-2-1-3-5-12/h1-5,13-14,18,20H,6-11H2/t13-/m1/s1. The van der Waals surface area contributed by atoms with Crippen molar-refractivity contribution in [2.24, 2.45) is 0 Å². The van der Waals surface area contributed by atoms with Crippen LogP contribution in [0.5, 0.6) is 0 Å². The van der Waals surface area contributed by atoms with E-state index in [1.807, 2.05) is 30.3 Å². The molecule has 2 heterocycles. The highest BCUT2D eigenvalue weighted by atomic mass is 16.7. The number of ether oxygens (including phenoxy) is 3. The first-order valence-electron chi connectivity index (χ1n) is 7.66. The van der Waals surface area contributed by atoms with E-state index < -0.39 is 24.1 Å². The highest BCUT2D eigenvalue weighted by Gasteiger charge is 2.50. The normalized spacial score (nSPS) is 21.7. The van der Waals surface area contributed by atoms with Crippen molar-refractivity contribution in [1.29, 1.82) is 0 Å². The van der Waals surface area contributed by atoms with E-state index in [0.29, 0.717) is 13.2 Å². The molecule has 7 nitrogen and oxygen atoms in total. The molecule has 7 heteroatoms. The fourth-order valence-corrected chi connectivity index (χ4v) is 2.71. The SMILES string of the molecule is O=C(OCc1ccccc1)N1CC(O)([C@H](O)CC2OCCO2)C1. The predicted molar refractivity (Wildman–Crippen MR) is 79.5 cm³/mol. The van der Waals surface area contributed by atoms with Gasteiger partial charge in [-0.15, -0.1) is 0 Å². The predicted octanol–water partition coefficient (Wildman–Crippen LogP) is 0.494. The van der Waals surface area contributed by atoms with Crippen LogP contribution in [0.25, 0.3) is 0 Å². The van der Waals surface area contributed by atoms with Gasteiger partial charge in [-0.3, -0.25) is 0 Å². The lowest BCUT2D eigenvalue weighted by Gasteiger charge is -2.48. The smallest absolute Gasteiger partial charge is 0.410 e. The number of carbonyl (C=O) groups is 1. The number of aliphatic hydroxyl groups excluding tert-OH is 1. The Morgan fingerprint density at radius 2 is 1.96 bits per heavy atom. The summed E-state index contributed by atoms with van der Waals surface area (Å²) in [7, 11) is 0. The Bertz CT molecular complexity index is 525. The maximum absolute atomic E-state index is 11.9. The fraction of sp³-hybridized carbons (Fsp3) is 0.562. The highest BCUT2D eigenvalue weighted by Crippen LogP contribution is 2.29. The number of benzene rings is 1. The molecule has 1 aromatic rings. The van der Waals surface area contributed by atoms with Crippen molar-refractivity contribution in [2.75, 3.05) is 26.3 Å². The summed E-state index contributed by atoms with van der Waals surface area (Å²) < 4.78 is 15.7. The van der Waals surface area contributed by atoms with Gasteiger partial charge in [0.15, 0.2) is 6.29 Å². The third kappa shape index (κ3) is 3.81. The van der Waals surface area contributed by atoms with Crippen molar-refractivity contribution in [3.05, 3.63) is 35.9 Å². The van der Waals surface area contributed by atoms with Gasteiger partial charge in [0.2, 0.25) is 0 Å². The van der Waals surface area contributed by atoms with Crippen LogP contribution in [0.1, 0.15) is 12.0 Å². The van der Waals surface area contributed by atoms with Crippen LogP contribution >= 0.6 is 0 Å². The van der Waals surface area contributed by atoms with Crippen LogP contribution in [-0.4, -0.2) is 65.5 Å². The molecule has 3 rings (SSSR count). The van der Waals surface area contributed by atoms with Crippen LogP contribution in [0.3, 0.4) is 0 Å². The second-order valence-corrected chi connectivity index (χ2v) is 5.92. The lowest BCUT2D eigenvalue weighted by molar-refractivity contribution is -0.178. The topological polar surface area (TPSA) is 88.5 Å². The number of hydrogen-bond acceptors (Lipinski definition) is 6. The number of aliphatic hydroxyl groups is 2. The van der Waals surface area contributed by atoms with E-state index in [0.717, 1.165) is 5.56 Å². The molecule has 0 saturated carbocycles. The zero-order chi connectivity index (χ0) is 16.3. The molecule has 0 aliphatic carbocycles. The van der Waals surface area contributed by atoms with Crippen LogP contribution < -0.4 is 0 Å². The molecule has 23 heavy (non-hydrogen) atoms. The van der Waals surface area contributed by atoms with Crippen LogP contribution in [0, 0.1) is 0 Å². The third-order valence-corrected chi connectivity index (χ3v) is 4.12. The van der Waals surface area contributed by atoms with Crippen LogP contribution in [0.2, 0.25) is 0 Å². The molecule has 0 radical (unpaired) electrons. The average molecular weight is 323 g/mol. The van der Waals surface area contributed by atoms with Gasteiger partial charge in [-0.05, 0) is 5.56 Å². The average Bonchev–Trinajstić information content (AvgIpc) is 3.03. The van der Waals surface area contributed by atoms with Crippen molar-refractivity contribution < 1.29 is 29.2 Å². The van der Waals surface area contributed by atoms with E-state index in [4.69, 9.17) is 14.2 Å². The largest absolute Gasteiger partial charge is 0.445 e. The van der Waals surface area contributed by atoms with E-state index in [9.17, 15) is 15.0 Å². The minimum atomic E-state index is -1.33. The number of likely N-dealkylation sites (tertiary alicyclic amines) is 1. The molecular weight excluding hydrogens is 302 g/mol.